The monoisotopic (exact) mass is 304 g/mol. The largest absolute Gasteiger partial charge is 0.352 e. The maximum absolute atomic E-state index is 13.0. The highest BCUT2D eigenvalue weighted by Gasteiger charge is 2.97. The molecule has 1 aromatic carbocycles. The van der Waals surface area contributed by atoms with Gasteiger partial charge in [-0.05, 0) is 35.8 Å². The van der Waals surface area contributed by atoms with Crippen LogP contribution in [0.1, 0.15) is 12.1 Å². The van der Waals surface area contributed by atoms with E-state index in [-0.39, 0.29) is 28.9 Å². The molecular weight excluding hydrogens is 292 g/mol. The molecule has 6 heteroatoms. The molecule has 1 aromatic heterocycles. The second-order valence-electron chi connectivity index (χ2n) is 7.69. The fraction of sp³-hybridized carbons (Fsp3) is 0.471. The first kappa shape index (κ1) is 11.1. The Hall–Kier alpha value is -2.55. The number of benzene rings is 1. The Balaban J connectivity index is 1.57. The van der Waals surface area contributed by atoms with Crippen molar-refractivity contribution in [3.8, 4) is 11.8 Å². The van der Waals surface area contributed by atoms with Crippen LogP contribution in [-0.4, -0.2) is 13.9 Å². The number of hydrogen-bond donors (Lipinski definition) is 0. The third-order valence-corrected chi connectivity index (χ3v) is 7.61. The smallest absolute Gasteiger partial charge is 0.245 e. The quantitative estimate of drug-likeness (QED) is 0.772. The summed E-state index contributed by atoms with van der Waals surface area (Å²) in [7, 11) is 0. The molecule has 2 aliphatic heterocycles. The number of rotatable bonds is 1. The zero-order valence-corrected chi connectivity index (χ0v) is 12.0. The Labute approximate surface area is 130 Å². The lowest BCUT2D eigenvalue weighted by Gasteiger charge is -2.94. The molecule has 0 unspecified atom stereocenters. The highest BCUT2D eigenvalue weighted by molar-refractivity contribution is 5.48. The summed E-state index contributed by atoms with van der Waals surface area (Å²) < 4.78 is 4.59. The highest BCUT2D eigenvalue weighted by atomic mass is 16.2. The Morgan fingerprint density at radius 1 is 0.957 bits per heavy atom. The van der Waals surface area contributed by atoms with E-state index in [0.717, 1.165) is 0 Å². The van der Waals surface area contributed by atoms with Crippen molar-refractivity contribution in [2.45, 2.75) is 12.1 Å². The molecule has 8 rings (SSSR count). The van der Waals surface area contributed by atoms with E-state index in [9.17, 15) is 14.9 Å². The van der Waals surface area contributed by atoms with Gasteiger partial charge in [0.1, 0.15) is 0 Å². The molecule has 2 aromatic rings. The van der Waals surface area contributed by atoms with Crippen molar-refractivity contribution in [1.82, 2.24) is 13.9 Å². The minimum absolute atomic E-state index is 0.0739. The molecule has 0 amide bonds. The number of nitriles is 1. The second-order valence-corrected chi connectivity index (χ2v) is 7.69. The average Bonchev–Trinajstić information content (AvgIpc) is 2.78. The Kier molecular flexibility index (Phi) is 1.36. The molecule has 0 spiro atoms. The number of para-hydroxylation sites is 1. The van der Waals surface area contributed by atoms with Gasteiger partial charge < -0.3 is 0 Å². The van der Waals surface area contributed by atoms with E-state index in [1.165, 1.54) is 4.57 Å². The van der Waals surface area contributed by atoms with Crippen LogP contribution in [0.5, 0.6) is 0 Å². The van der Waals surface area contributed by atoms with Crippen LogP contribution in [0.3, 0.4) is 0 Å². The van der Waals surface area contributed by atoms with Gasteiger partial charge in [0.2, 0.25) is 0 Å². The van der Waals surface area contributed by atoms with Crippen LogP contribution in [0.2, 0.25) is 0 Å². The van der Waals surface area contributed by atoms with Gasteiger partial charge in [0, 0.05) is 5.92 Å². The fourth-order valence-corrected chi connectivity index (χ4v) is 7.12. The molecule has 4 fully saturated rings. The predicted molar refractivity (Wildman–Crippen MR) is 77.9 cm³/mol. The first-order chi connectivity index (χ1) is 11.2. The van der Waals surface area contributed by atoms with Crippen molar-refractivity contribution >= 4 is 0 Å². The SMILES string of the molecule is N#C[C@@]12[C@H]3[C@H]4[C@H]5[C@@H]3[C@H]1[C@@H]5n1c(=O)n(-c3ccccc3)c(=O)n1[C@H]42. The van der Waals surface area contributed by atoms with Crippen molar-refractivity contribution in [2.75, 3.05) is 0 Å². The van der Waals surface area contributed by atoms with Gasteiger partial charge in [-0.15, -0.1) is 0 Å². The molecule has 4 saturated carbocycles. The van der Waals surface area contributed by atoms with Gasteiger partial charge in [0.25, 0.3) is 0 Å². The molecule has 3 heterocycles. The summed E-state index contributed by atoms with van der Waals surface area (Å²) in [6, 6.07) is 11.6. The molecule has 23 heavy (non-hydrogen) atoms. The average molecular weight is 304 g/mol. The van der Waals surface area contributed by atoms with Gasteiger partial charge in [0.05, 0.1) is 29.3 Å². The third kappa shape index (κ3) is 0.724. The summed E-state index contributed by atoms with van der Waals surface area (Å²) in [5.41, 5.74) is -0.267. The summed E-state index contributed by atoms with van der Waals surface area (Å²) >= 11 is 0. The van der Waals surface area contributed by atoms with E-state index >= 15 is 0 Å². The Bertz CT molecular complexity index is 1090. The van der Waals surface area contributed by atoms with Gasteiger partial charge in [-0.3, -0.25) is 0 Å². The van der Waals surface area contributed by atoms with E-state index in [1.54, 1.807) is 21.5 Å². The van der Waals surface area contributed by atoms with Crippen LogP contribution < -0.4 is 11.4 Å². The normalized spacial score (nSPS) is 48.0. The maximum Gasteiger partial charge on any atom is 0.352 e. The topological polar surface area (TPSA) is 72.7 Å². The minimum atomic E-state index is -0.353. The van der Waals surface area contributed by atoms with Crippen molar-refractivity contribution < 1.29 is 0 Å². The van der Waals surface area contributed by atoms with Gasteiger partial charge in [-0.25, -0.2) is 23.5 Å². The van der Waals surface area contributed by atoms with Gasteiger partial charge in [0.15, 0.2) is 0 Å². The van der Waals surface area contributed by atoms with Crippen molar-refractivity contribution in [2.24, 2.45) is 35.0 Å². The molecule has 0 radical (unpaired) electrons. The van der Waals surface area contributed by atoms with E-state index in [1.807, 2.05) is 18.2 Å². The number of hydrogen-bond acceptors (Lipinski definition) is 3. The molecule has 112 valence electrons. The first-order valence-corrected chi connectivity index (χ1v) is 8.16. The van der Waals surface area contributed by atoms with Crippen molar-refractivity contribution in [1.29, 1.82) is 5.26 Å². The lowest BCUT2D eigenvalue weighted by atomic mass is 9.11. The van der Waals surface area contributed by atoms with Crippen LogP contribution in [0.4, 0.5) is 0 Å². The number of nitrogens with zero attached hydrogens (tertiary/aromatic N) is 4. The molecule has 4 aliphatic carbocycles. The van der Waals surface area contributed by atoms with Gasteiger partial charge >= 0.3 is 11.4 Å². The van der Waals surface area contributed by atoms with Gasteiger partial charge in [-0.1, -0.05) is 18.2 Å². The van der Waals surface area contributed by atoms with E-state index in [2.05, 4.69) is 6.07 Å². The molecule has 2 bridgehead atoms. The molecule has 6 aliphatic rings. The molecule has 0 saturated heterocycles. The molecule has 0 N–H and O–H groups in total. The first-order valence-electron chi connectivity index (χ1n) is 8.16. The van der Waals surface area contributed by atoms with E-state index in [0.29, 0.717) is 35.3 Å². The van der Waals surface area contributed by atoms with Crippen LogP contribution in [0.25, 0.3) is 5.69 Å². The molecular formula is C17H12N4O2. The molecule has 6 nitrogen and oxygen atoms in total. The number of aromatic nitrogens is 3. The predicted octanol–water partition coefficient (Wildman–Crippen LogP) is 0.542. The van der Waals surface area contributed by atoms with E-state index in [4.69, 9.17) is 0 Å². The van der Waals surface area contributed by atoms with Gasteiger partial charge in [-0.2, -0.15) is 5.26 Å². The fourth-order valence-electron chi connectivity index (χ4n) is 7.12. The Morgan fingerprint density at radius 2 is 1.70 bits per heavy atom. The van der Waals surface area contributed by atoms with Crippen LogP contribution in [0, 0.1) is 46.3 Å². The molecule has 8 atom stereocenters. The standard InChI is InChI=1S/C17H12N4O2/c18-6-17-11-9-8-10(11)14(17)21-16(23)19(7-4-2-1-3-5-7)15(22)20(21)13(8)12(9)17/h1-5,8-14H/t8-,9+,10-,11-,12+,13-,14-,17-/m1/s1. The summed E-state index contributed by atoms with van der Waals surface area (Å²) in [6.45, 7) is 0. The lowest BCUT2D eigenvalue weighted by Crippen LogP contribution is -2.95. The van der Waals surface area contributed by atoms with E-state index < -0.39 is 0 Å². The Morgan fingerprint density at radius 3 is 2.43 bits per heavy atom. The lowest BCUT2D eigenvalue weighted by molar-refractivity contribution is -0.482. The third-order valence-electron chi connectivity index (χ3n) is 7.61. The van der Waals surface area contributed by atoms with Crippen LogP contribution in [-0.2, 0) is 0 Å². The zero-order chi connectivity index (χ0) is 15.2. The summed E-state index contributed by atoms with van der Waals surface area (Å²) in [5, 5.41) is 9.77. The van der Waals surface area contributed by atoms with Crippen molar-refractivity contribution in [3.63, 3.8) is 0 Å². The summed E-state index contributed by atoms with van der Waals surface area (Å²) in [5.74, 6) is 2.45. The zero-order valence-electron chi connectivity index (χ0n) is 12.0. The second kappa shape index (κ2) is 2.82. The maximum atomic E-state index is 13.0. The van der Waals surface area contributed by atoms with Crippen LogP contribution >= 0.6 is 0 Å². The highest BCUT2D eigenvalue weighted by Crippen LogP contribution is 2.96. The van der Waals surface area contributed by atoms with Crippen LogP contribution in [0.15, 0.2) is 39.9 Å². The van der Waals surface area contributed by atoms with Crippen molar-refractivity contribution in [3.05, 3.63) is 51.3 Å². The minimum Gasteiger partial charge on any atom is -0.245 e. The summed E-state index contributed by atoms with van der Waals surface area (Å²) in [4.78, 5) is 25.9. The summed E-state index contributed by atoms with van der Waals surface area (Å²) in [6.07, 6.45) is 0.